The van der Waals surface area contributed by atoms with Crippen LogP contribution in [0.1, 0.15) is 22.2 Å². The number of benzene rings is 1. The van der Waals surface area contributed by atoms with Gasteiger partial charge in [-0.2, -0.15) is 5.10 Å². The smallest absolute Gasteiger partial charge is 0.266 e. The lowest BCUT2D eigenvalue weighted by molar-refractivity contribution is 0.0959. The van der Waals surface area contributed by atoms with Crippen molar-refractivity contribution in [3.05, 3.63) is 64.3 Å². The van der Waals surface area contributed by atoms with Gasteiger partial charge in [-0.25, -0.2) is 5.43 Å². The summed E-state index contributed by atoms with van der Waals surface area (Å²) in [5.41, 5.74) is 4.16. The molecule has 4 nitrogen and oxygen atoms in total. The third-order valence-corrected chi connectivity index (χ3v) is 4.84. The van der Waals surface area contributed by atoms with Crippen LogP contribution in [0, 0.1) is 0 Å². The fraction of sp³-hybridized carbons (Fsp3) is 0.0625. The second-order valence-electron chi connectivity index (χ2n) is 4.62. The predicted octanol–water partition coefficient (Wildman–Crippen LogP) is 4.10. The molecule has 0 saturated heterocycles. The molecule has 22 heavy (non-hydrogen) atoms. The molecule has 0 radical (unpaired) electrons. The van der Waals surface area contributed by atoms with Gasteiger partial charge in [0.2, 0.25) is 0 Å². The molecule has 0 atom stereocenters. The first kappa shape index (κ1) is 14.7. The van der Waals surface area contributed by atoms with Crippen molar-refractivity contribution in [2.45, 2.75) is 6.92 Å². The number of nitrogens with one attached hydrogen (secondary N) is 1. The Hall–Kier alpha value is -2.24. The lowest BCUT2D eigenvalue weighted by Crippen LogP contribution is -2.18. The van der Waals surface area contributed by atoms with E-state index in [2.05, 4.69) is 15.5 Å². The van der Waals surface area contributed by atoms with E-state index in [1.165, 1.54) is 11.3 Å². The Bertz CT molecular complexity index is 858. The highest BCUT2D eigenvalue weighted by molar-refractivity contribution is 7.21. The molecule has 2 aromatic heterocycles. The molecule has 0 aliphatic heterocycles. The van der Waals surface area contributed by atoms with E-state index >= 15 is 0 Å². The molecule has 0 aliphatic rings. The van der Waals surface area contributed by atoms with Crippen LogP contribution in [-0.4, -0.2) is 16.6 Å². The first-order valence-corrected chi connectivity index (χ1v) is 7.78. The number of hydrazone groups is 1. The zero-order valence-electron chi connectivity index (χ0n) is 11.7. The molecule has 1 amide bonds. The molecular weight excluding hydrogens is 318 g/mol. The van der Waals surface area contributed by atoms with E-state index in [0.717, 1.165) is 15.6 Å². The summed E-state index contributed by atoms with van der Waals surface area (Å²) in [6, 6.07) is 11.3. The molecule has 0 aliphatic carbocycles. The summed E-state index contributed by atoms with van der Waals surface area (Å²) in [5, 5.41) is 5.47. The molecule has 0 bridgehead atoms. The number of hydrogen-bond acceptors (Lipinski definition) is 4. The van der Waals surface area contributed by atoms with E-state index in [-0.39, 0.29) is 5.91 Å². The Kier molecular flexibility index (Phi) is 4.18. The molecule has 0 spiro atoms. The Labute approximate surface area is 136 Å². The number of aromatic nitrogens is 1. The second kappa shape index (κ2) is 6.25. The molecule has 1 aromatic carbocycles. The Morgan fingerprint density at radius 1 is 1.23 bits per heavy atom. The van der Waals surface area contributed by atoms with Crippen molar-refractivity contribution >= 4 is 44.6 Å². The minimum absolute atomic E-state index is 0.306. The van der Waals surface area contributed by atoms with E-state index in [4.69, 9.17) is 11.6 Å². The van der Waals surface area contributed by atoms with E-state index < -0.39 is 0 Å². The monoisotopic (exact) mass is 329 g/mol. The maximum absolute atomic E-state index is 12.3. The minimum atomic E-state index is -0.306. The first-order valence-electron chi connectivity index (χ1n) is 6.59. The van der Waals surface area contributed by atoms with Crippen molar-refractivity contribution in [3.63, 3.8) is 0 Å². The summed E-state index contributed by atoms with van der Waals surface area (Å²) in [5.74, 6) is -0.306. The highest BCUT2D eigenvalue weighted by atomic mass is 35.5. The number of fused-ring (bicyclic) bond motifs is 1. The third-order valence-electron chi connectivity index (χ3n) is 3.16. The number of nitrogens with zero attached hydrogens (tertiary/aromatic N) is 2. The van der Waals surface area contributed by atoms with Crippen molar-refractivity contribution in [2.75, 3.05) is 0 Å². The summed E-state index contributed by atoms with van der Waals surface area (Å²) >= 11 is 7.63. The van der Waals surface area contributed by atoms with Gasteiger partial charge in [-0.05, 0) is 25.1 Å². The molecule has 0 fully saturated rings. The maximum atomic E-state index is 12.3. The van der Waals surface area contributed by atoms with Crippen LogP contribution in [0.25, 0.3) is 10.1 Å². The molecule has 0 saturated carbocycles. The van der Waals surface area contributed by atoms with Gasteiger partial charge >= 0.3 is 0 Å². The summed E-state index contributed by atoms with van der Waals surface area (Å²) in [6.45, 7) is 1.82. The van der Waals surface area contributed by atoms with Crippen LogP contribution in [0.5, 0.6) is 0 Å². The number of thiophene rings is 1. The van der Waals surface area contributed by atoms with Crippen LogP contribution in [0.2, 0.25) is 5.02 Å². The van der Waals surface area contributed by atoms with Gasteiger partial charge in [0, 0.05) is 28.0 Å². The first-order chi connectivity index (χ1) is 10.7. The van der Waals surface area contributed by atoms with E-state index in [9.17, 15) is 4.79 Å². The van der Waals surface area contributed by atoms with Crippen LogP contribution in [0.15, 0.2) is 53.9 Å². The number of rotatable bonds is 3. The number of carbonyl (C=O) groups excluding carboxylic acids is 1. The van der Waals surface area contributed by atoms with Crippen LogP contribution in [0.4, 0.5) is 0 Å². The average Bonchev–Trinajstić information content (AvgIpc) is 2.90. The van der Waals surface area contributed by atoms with Gasteiger partial charge < -0.3 is 0 Å². The largest absolute Gasteiger partial charge is 0.283 e. The number of hydrogen-bond donors (Lipinski definition) is 1. The summed E-state index contributed by atoms with van der Waals surface area (Å²) in [4.78, 5) is 16.7. The van der Waals surface area contributed by atoms with Crippen molar-refractivity contribution in [3.8, 4) is 0 Å². The minimum Gasteiger partial charge on any atom is -0.266 e. The lowest BCUT2D eigenvalue weighted by Gasteiger charge is -2.01. The van der Waals surface area contributed by atoms with E-state index in [1.807, 2.05) is 43.3 Å². The molecule has 1 N–H and O–H groups in total. The van der Waals surface area contributed by atoms with E-state index in [1.54, 1.807) is 12.4 Å². The fourth-order valence-electron chi connectivity index (χ4n) is 2.00. The molecule has 6 heteroatoms. The van der Waals surface area contributed by atoms with Crippen LogP contribution in [0.3, 0.4) is 0 Å². The van der Waals surface area contributed by atoms with Crippen LogP contribution >= 0.6 is 22.9 Å². The Morgan fingerprint density at radius 3 is 2.68 bits per heavy atom. The number of pyridine rings is 1. The standard InChI is InChI=1S/C16H12ClN3OS/c1-10(11-6-8-18-9-7-11)19-20-16(21)15-14(17)12-4-2-3-5-13(12)22-15/h2-9H,1H3,(H,20,21)/b19-10+. The van der Waals surface area contributed by atoms with Crippen LogP contribution in [-0.2, 0) is 0 Å². The molecule has 110 valence electrons. The summed E-state index contributed by atoms with van der Waals surface area (Å²) in [6.07, 6.45) is 3.36. The third kappa shape index (κ3) is 2.86. The fourth-order valence-corrected chi connectivity index (χ4v) is 3.41. The highest BCUT2D eigenvalue weighted by Gasteiger charge is 2.16. The SMILES string of the molecule is C/C(=N\NC(=O)c1sc2ccccc2c1Cl)c1ccncc1. The summed E-state index contributed by atoms with van der Waals surface area (Å²) < 4.78 is 0.979. The quantitative estimate of drug-likeness (QED) is 0.581. The van der Waals surface area contributed by atoms with Gasteiger partial charge in [0.25, 0.3) is 5.91 Å². The maximum Gasteiger partial charge on any atom is 0.283 e. The second-order valence-corrected chi connectivity index (χ2v) is 6.05. The van der Waals surface area contributed by atoms with Crippen molar-refractivity contribution in [2.24, 2.45) is 5.10 Å². The van der Waals surface area contributed by atoms with Crippen molar-refractivity contribution in [1.82, 2.24) is 10.4 Å². The molecule has 0 unspecified atom stereocenters. The van der Waals surface area contributed by atoms with E-state index in [0.29, 0.717) is 15.6 Å². The molecule has 3 aromatic rings. The van der Waals surface area contributed by atoms with Gasteiger partial charge in [0.05, 0.1) is 10.7 Å². The highest BCUT2D eigenvalue weighted by Crippen LogP contribution is 2.34. The summed E-state index contributed by atoms with van der Waals surface area (Å²) in [7, 11) is 0. The van der Waals surface area contributed by atoms with Gasteiger partial charge in [-0.15, -0.1) is 11.3 Å². The topological polar surface area (TPSA) is 54.4 Å². The van der Waals surface area contributed by atoms with Gasteiger partial charge in [0.1, 0.15) is 4.88 Å². The molecule has 3 rings (SSSR count). The van der Waals surface area contributed by atoms with Crippen molar-refractivity contribution in [1.29, 1.82) is 0 Å². The Morgan fingerprint density at radius 2 is 1.95 bits per heavy atom. The molecular formula is C16H12ClN3OS. The number of carbonyl (C=O) groups is 1. The van der Waals surface area contributed by atoms with Gasteiger partial charge in [-0.3, -0.25) is 9.78 Å². The molecule has 2 heterocycles. The average molecular weight is 330 g/mol. The number of halogens is 1. The zero-order valence-corrected chi connectivity index (χ0v) is 13.3. The Balaban J connectivity index is 1.83. The number of amides is 1. The van der Waals surface area contributed by atoms with Crippen LogP contribution < -0.4 is 5.43 Å². The predicted molar refractivity (Wildman–Crippen MR) is 90.7 cm³/mol. The van der Waals surface area contributed by atoms with Gasteiger partial charge in [0.15, 0.2) is 0 Å². The van der Waals surface area contributed by atoms with Crippen molar-refractivity contribution < 1.29 is 4.79 Å². The van der Waals surface area contributed by atoms with Gasteiger partial charge in [-0.1, -0.05) is 29.8 Å². The zero-order chi connectivity index (χ0) is 15.5. The lowest BCUT2D eigenvalue weighted by atomic mass is 10.2. The normalized spacial score (nSPS) is 11.6.